The average molecular weight is 213 g/mol. The van der Waals surface area contributed by atoms with E-state index < -0.39 is 5.67 Å². The molecule has 2 fully saturated rings. The van der Waals surface area contributed by atoms with E-state index in [2.05, 4.69) is 0 Å². The highest BCUT2D eigenvalue weighted by Crippen LogP contribution is 2.30. The van der Waals surface area contributed by atoms with Crippen molar-refractivity contribution in [2.45, 2.75) is 38.3 Å². The number of alkyl halides is 1. The van der Waals surface area contributed by atoms with Gasteiger partial charge in [0.15, 0.2) is 0 Å². The van der Waals surface area contributed by atoms with Crippen molar-refractivity contribution < 1.29 is 14.0 Å². The molecule has 0 aromatic carbocycles. The molecule has 1 heterocycles. The lowest BCUT2D eigenvalue weighted by atomic mass is 9.82. The SMILES string of the molecule is CC1(F)CCCN(C(=O)C2CC(=O)C2)C1. The number of carbonyl (C=O) groups excluding carboxylic acids is 2. The minimum absolute atomic E-state index is 0.0295. The molecule has 2 aliphatic rings. The normalized spacial score (nSPS) is 32.7. The zero-order chi connectivity index (χ0) is 11.1. The molecule has 0 aromatic rings. The average Bonchev–Trinajstić information content (AvgIpc) is 2.10. The highest BCUT2D eigenvalue weighted by Gasteiger charge is 2.39. The molecule has 0 bridgehead atoms. The van der Waals surface area contributed by atoms with Crippen LogP contribution in [-0.4, -0.2) is 35.3 Å². The van der Waals surface area contributed by atoms with Crippen LogP contribution in [0.4, 0.5) is 4.39 Å². The summed E-state index contributed by atoms with van der Waals surface area (Å²) in [5.74, 6) is -0.0436. The number of nitrogens with zero attached hydrogens (tertiary/aromatic N) is 1. The zero-order valence-electron chi connectivity index (χ0n) is 8.96. The molecule has 0 aromatic heterocycles. The molecule has 1 aliphatic carbocycles. The summed E-state index contributed by atoms with van der Waals surface area (Å²) in [5.41, 5.74) is -1.25. The maximum absolute atomic E-state index is 13.7. The van der Waals surface area contributed by atoms with E-state index in [4.69, 9.17) is 0 Å². The third-order valence-electron chi connectivity index (χ3n) is 3.26. The summed E-state index contributed by atoms with van der Waals surface area (Å²) in [5, 5.41) is 0. The quantitative estimate of drug-likeness (QED) is 0.658. The fourth-order valence-electron chi connectivity index (χ4n) is 2.31. The van der Waals surface area contributed by atoms with E-state index in [1.54, 1.807) is 11.8 Å². The Kier molecular flexibility index (Phi) is 2.52. The first kappa shape index (κ1) is 10.6. The Morgan fingerprint density at radius 1 is 1.53 bits per heavy atom. The summed E-state index contributed by atoms with van der Waals surface area (Å²) in [6.45, 7) is 2.37. The van der Waals surface area contributed by atoms with Crippen molar-refractivity contribution in [1.82, 2.24) is 4.90 Å². The topological polar surface area (TPSA) is 37.4 Å². The van der Waals surface area contributed by atoms with Gasteiger partial charge in [-0.15, -0.1) is 0 Å². The first-order valence-electron chi connectivity index (χ1n) is 5.47. The monoisotopic (exact) mass is 213 g/mol. The van der Waals surface area contributed by atoms with Crippen molar-refractivity contribution in [3.8, 4) is 0 Å². The minimum Gasteiger partial charge on any atom is -0.339 e. The summed E-state index contributed by atoms with van der Waals surface area (Å²) in [6.07, 6.45) is 1.97. The number of piperidine rings is 1. The number of hydrogen-bond donors (Lipinski definition) is 0. The lowest BCUT2D eigenvalue weighted by Gasteiger charge is -2.38. The number of carbonyl (C=O) groups is 2. The van der Waals surface area contributed by atoms with Gasteiger partial charge < -0.3 is 4.90 Å². The van der Waals surface area contributed by atoms with Crippen molar-refractivity contribution in [1.29, 1.82) is 0 Å². The van der Waals surface area contributed by atoms with Gasteiger partial charge in [-0.2, -0.15) is 0 Å². The Morgan fingerprint density at radius 2 is 2.20 bits per heavy atom. The Hall–Kier alpha value is -0.930. The van der Waals surface area contributed by atoms with Crippen molar-refractivity contribution in [2.75, 3.05) is 13.1 Å². The molecule has 2 rings (SSSR count). The zero-order valence-corrected chi connectivity index (χ0v) is 8.96. The molecule has 1 amide bonds. The van der Waals surface area contributed by atoms with Gasteiger partial charge in [-0.25, -0.2) is 4.39 Å². The number of amides is 1. The highest BCUT2D eigenvalue weighted by atomic mass is 19.1. The maximum Gasteiger partial charge on any atom is 0.226 e. The molecule has 0 radical (unpaired) electrons. The summed E-state index contributed by atoms with van der Waals surface area (Å²) in [7, 11) is 0. The van der Waals surface area contributed by atoms with Crippen molar-refractivity contribution >= 4 is 11.7 Å². The van der Waals surface area contributed by atoms with Crippen LogP contribution >= 0.6 is 0 Å². The van der Waals surface area contributed by atoms with E-state index in [0.29, 0.717) is 25.8 Å². The number of halogens is 1. The van der Waals surface area contributed by atoms with E-state index in [1.165, 1.54) is 0 Å². The second kappa shape index (κ2) is 3.58. The Bertz CT molecular complexity index is 293. The van der Waals surface area contributed by atoms with Crippen LogP contribution in [-0.2, 0) is 9.59 Å². The molecule has 0 N–H and O–H groups in total. The Labute approximate surface area is 88.6 Å². The molecule has 0 spiro atoms. The molecule has 84 valence electrons. The summed E-state index contributed by atoms with van der Waals surface area (Å²) in [6, 6.07) is 0. The number of Topliss-reactive ketones (excluding diaryl/α,β-unsaturated/α-hetero) is 1. The lowest BCUT2D eigenvalue weighted by Crippen LogP contribution is -2.50. The Morgan fingerprint density at radius 3 is 2.73 bits per heavy atom. The number of hydrogen-bond acceptors (Lipinski definition) is 2. The molecule has 1 saturated heterocycles. The summed E-state index contributed by atoms with van der Waals surface area (Å²) < 4.78 is 13.7. The Balaban J connectivity index is 1.93. The predicted molar refractivity (Wildman–Crippen MR) is 53.1 cm³/mol. The van der Waals surface area contributed by atoms with Gasteiger partial charge in [-0.05, 0) is 19.8 Å². The van der Waals surface area contributed by atoms with E-state index in [1.807, 2.05) is 0 Å². The lowest BCUT2D eigenvalue weighted by molar-refractivity contribution is -0.147. The van der Waals surface area contributed by atoms with Gasteiger partial charge in [0, 0.05) is 19.4 Å². The standard InChI is InChI=1S/C11H16FNO2/c1-11(12)3-2-4-13(7-11)10(15)8-5-9(14)6-8/h8H,2-7H2,1H3. The van der Waals surface area contributed by atoms with Gasteiger partial charge in [0.2, 0.25) is 5.91 Å². The van der Waals surface area contributed by atoms with Gasteiger partial charge in [0.25, 0.3) is 0 Å². The first-order valence-corrected chi connectivity index (χ1v) is 5.47. The second-order valence-corrected chi connectivity index (χ2v) is 4.92. The molecule has 1 atom stereocenters. The van der Waals surface area contributed by atoms with Gasteiger partial charge in [-0.3, -0.25) is 9.59 Å². The molecule has 4 heteroatoms. The van der Waals surface area contributed by atoms with Crippen LogP contribution in [0.3, 0.4) is 0 Å². The van der Waals surface area contributed by atoms with E-state index in [0.717, 1.165) is 6.42 Å². The molecular weight excluding hydrogens is 197 g/mol. The van der Waals surface area contributed by atoms with Crippen LogP contribution in [0.25, 0.3) is 0 Å². The third kappa shape index (κ3) is 2.19. The largest absolute Gasteiger partial charge is 0.339 e. The molecule has 3 nitrogen and oxygen atoms in total. The van der Waals surface area contributed by atoms with Crippen LogP contribution in [0.5, 0.6) is 0 Å². The fourth-order valence-corrected chi connectivity index (χ4v) is 2.31. The van der Waals surface area contributed by atoms with E-state index in [-0.39, 0.29) is 24.2 Å². The van der Waals surface area contributed by atoms with Crippen LogP contribution in [0.1, 0.15) is 32.6 Å². The second-order valence-electron chi connectivity index (χ2n) is 4.92. The van der Waals surface area contributed by atoms with Crippen LogP contribution in [0.2, 0.25) is 0 Å². The van der Waals surface area contributed by atoms with Gasteiger partial charge >= 0.3 is 0 Å². The molecule has 1 unspecified atom stereocenters. The van der Waals surface area contributed by atoms with Crippen molar-refractivity contribution in [3.63, 3.8) is 0 Å². The van der Waals surface area contributed by atoms with Gasteiger partial charge in [0.1, 0.15) is 11.5 Å². The number of likely N-dealkylation sites (tertiary alicyclic amines) is 1. The fraction of sp³-hybridized carbons (Fsp3) is 0.818. The highest BCUT2D eigenvalue weighted by molar-refractivity contribution is 5.96. The maximum atomic E-state index is 13.7. The summed E-state index contributed by atoms with van der Waals surface area (Å²) in [4.78, 5) is 24.2. The first-order chi connectivity index (χ1) is 6.98. The van der Waals surface area contributed by atoms with E-state index in [9.17, 15) is 14.0 Å². The van der Waals surface area contributed by atoms with Crippen molar-refractivity contribution in [3.05, 3.63) is 0 Å². The van der Waals surface area contributed by atoms with Crippen LogP contribution in [0.15, 0.2) is 0 Å². The molecule has 1 saturated carbocycles. The number of ketones is 1. The smallest absolute Gasteiger partial charge is 0.226 e. The number of rotatable bonds is 1. The molecule has 1 aliphatic heterocycles. The van der Waals surface area contributed by atoms with Crippen LogP contribution in [0, 0.1) is 5.92 Å². The third-order valence-corrected chi connectivity index (χ3v) is 3.26. The molecule has 15 heavy (non-hydrogen) atoms. The van der Waals surface area contributed by atoms with Gasteiger partial charge in [-0.1, -0.05) is 0 Å². The van der Waals surface area contributed by atoms with E-state index >= 15 is 0 Å². The van der Waals surface area contributed by atoms with Crippen molar-refractivity contribution in [2.24, 2.45) is 5.92 Å². The van der Waals surface area contributed by atoms with Gasteiger partial charge in [0.05, 0.1) is 12.5 Å². The minimum atomic E-state index is -1.25. The summed E-state index contributed by atoms with van der Waals surface area (Å²) >= 11 is 0. The predicted octanol–water partition coefficient (Wildman–Crippen LogP) is 1.32. The molecular formula is C11H16FNO2. The van der Waals surface area contributed by atoms with Crippen LogP contribution < -0.4 is 0 Å².